The monoisotopic (exact) mass is 231 g/mol. The molecular formula is C11H12F3NO. The molecule has 0 aliphatic carbocycles. The van der Waals surface area contributed by atoms with Gasteiger partial charge in [0.15, 0.2) is 0 Å². The van der Waals surface area contributed by atoms with Gasteiger partial charge in [-0.15, -0.1) is 6.58 Å². The molecule has 0 fully saturated rings. The van der Waals surface area contributed by atoms with Crippen LogP contribution in [0, 0.1) is 0 Å². The molecule has 1 atom stereocenters. The summed E-state index contributed by atoms with van der Waals surface area (Å²) >= 11 is 0. The van der Waals surface area contributed by atoms with Crippen molar-refractivity contribution in [3.05, 3.63) is 42.0 Å². The summed E-state index contributed by atoms with van der Waals surface area (Å²) in [6, 6.07) is 2.00. The van der Waals surface area contributed by atoms with Gasteiger partial charge in [-0.3, -0.25) is 0 Å². The highest BCUT2D eigenvalue weighted by molar-refractivity contribution is 5.39. The summed E-state index contributed by atoms with van der Waals surface area (Å²) in [7, 11) is 0. The molecule has 88 valence electrons. The van der Waals surface area contributed by atoms with Gasteiger partial charge in [-0.25, -0.2) is 0 Å². The summed E-state index contributed by atoms with van der Waals surface area (Å²) in [5.41, 5.74) is 4.88. The van der Waals surface area contributed by atoms with Crippen LogP contribution in [-0.2, 0) is 6.18 Å². The lowest BCUT2D eigenvalue weighted by Crippen LogP contribution is -2.12. The van der Waals surface area contributed by atoms with Crippen molar-refractivity contribution in [3.8, 4) is 5.75 Å². The van der Waals surface area contributed by atoms with Crippen LogP contribution in [0.5, 0.6) is 5.75 Å². The van der Waals surface area contributed by atoms with E-state index in [-0.39, 0.29) is 11.3 Å². The number of halogens is 3. The van der Waals surface area contributed by atoms with Crippen molar-refractivity contribution in [1.82, 2.24) is 0 Å². The van der Waals surface area contributed by atoms with Crippen LogP contribution in [0.25, 0.3) is 0 Å². The van der Waals surface area contributed by atoms with E-state index in [1.54, 1.807) is 0 Å². The van der Waals surface area contributed by atoms with Crippen LogP contribution < -0.4 is 5.73 Å². The second-order valence-corrected chi connectivity index (χ2v) is 3.40. The van der Waals surface area contributed by atoms with E-state index < -0.39 is 17.8 Å². The molecule has 3 N–H and O–H groups in total. The lowest BCUT2D eigenvalue weighted by atomic mass is 10.0. The number of hydrogen-bond donors (Lipinski definition) is 2. The Labute approximate surface area is 91.2 Å². The third-order valence-electron chi connectivity index (χ3n) is 2.17. The van der Waals surface area contributed by atoms with Crippen LogP contribution in [0.4, 0.5) is 13.2 Å². The average molecular weight is 231 g/mol. The van der Waals surface area contributed by atoms with Gasteiger partial charge in [-0.05, 0) is 24.6 Å². The van der Waals surface area contributed by atoms with E-state index in [2.05, 4.69) is 6.58 Å². The summed E-state index contributed by atoms with van der Waals surface area (Å²) in [6.45, 7) is 3.44. The van der Waals surface area contributed by atoms with E-state index >= 15 is 0 Å². The van der Waals surface area contributed by atoms with E-state index in [0.29, 0.717) is 6.42 Å². The van der Waals surface area contributed by atoms with Gasteiger partial charge in [-0.1, -0.05) is 6.08 Å². The van der Waals surface area contributed by atoms with Crippen LogP contribution >= 0.6 is 0 Å². The highest BCUT2D eigenvalue weighted by Gasteiger charge is 2.31. The minimum Gasteiger partial charge on any atom is -0.508 e. The standard InChI is InChI=1S/C11H12F3NO/c1-2-3-9(15)8-6-7(11(12,13)14)4-5-10(8)16/h2,4-6,9,16H,1,3,15H2/t9-/m1/s1. The first kappa shape index (κ1) is 12.6. The third kappa shape index (κ3) is 2.76. The normalized spacial score (nSPS) is 13.5. The van der Waals surface area contributed by atoms with Gasteiger partial charge >= 0.3 is 6.18 Å². The predicted octanol–water partition coefficient (Wildman–Crippen LogP) is 2.99. The molecule has 2 nitrogen and oxygen atoms in total. The number of phenols is 1. The lowest BCUT2D eigenvalue weighted by molar-refractivity contribution is -0.137. The number of rotatable bonds is 3. The molecule has 0 heterocycles. The van der Waals surface area contributed by atoms with Crippen molar-refractivity contribution in [2.45, 2.75) is 18.6 Å². The van der Waals surface area contributed by atoms with Crippen molar-refractivity contribution >= 4 is 0 Å². The highest BCUT2D eigenvalue weighted by Crippen LogP contribution is 2.34. The Kier molecular flexibility index (Phi) is 3.59. The maximum Gasteiger partial charge on any atom is 0.416 e. The van der Waals surface area contributed by atoms with Gasteiger partial charge in [-0.2, -0.15) is 13.2 Å². The van der Waals surface area contributed by atoms with E-state index in [1.807, 2.05) is 0 Å². The van der Waals surface area contributed by atoms with Gasteiger partial charge in [0.25, 0.3) is 0 Å². The number of aromatic hydroxyl groups is 1. The Bertz CT molecular complexity index is 387. The average Bonchev–Trinajstić information content (AvgIpc) is 2.16. The smallest absolute Gasteiger partial charge is 0.416 e. The van der Waals surface area contributed by atoms with E-state index in [0.717, 1.165) is 18.2 Å². The van der Waals surface area contributed by atoms with Gasteiger partial charge in [0.1, 0.15) is 5.75 Å². The second-order valence-electron chi connectivity index (χ2n) is 3.40. The van der Waals surface area contributed by atoms with E-state index in [9.17, 15) is 18.3 Å². The number of phenolic OH excluding ortho intramolecular Hbond substituents is 1. The predicted molar refractivity (Wildman–Crippen MR) is 54.9 cm³/mol. The maximum atomic E-state index is 12.4. The third-order valence-corrected chi connectivity index (χ3v) is 2.17. The molecule has 0 unspecified atom stereocenters. The molecule has 0 saturated carbocycles. The van der Waals surface area contributed by atoms with Gasteiger partial charge < -0.3 is 10.8 Å². The first-order chi connectivity index (χ1) is 7.36. The quantitative estimate of drug-likeness (QED) is 0.785. The molecule has 0 aliphatic rings. The Morgan fingerprint density at radius 3 is 2.56 bits per heavy atom. The summed E-state index contributed by atoms with van der Waals surface area (Å²) in [6.07, 6.45) is -2.64. The number of benzene rings is 1. The zero-order chi connectivity index (χ0) is 12.3. The Balaban J connectivity index is 3.13. The first-order valence-electron chi connectivity index (χ1n) is 4.63. The fraction of sp³-hybridized carbons (Fsp3) is 0.273. The molecule has 0 aromatic heterocycles. The molecule has 0 saturated heterocycles. The fourth-order valence-corrected chi connectivity index (χ4v) is 1.33. The number of alkyl halides is 3. The zero-order valence-corrected chi connectivity index (χ0v) is 8.46. The van der Waals surface area contributed by atoms with Crippen LogP contribution in [0.15, 0.2) is 30.9 Å². The molecule has 16 heavy (non-hydrogen) atoms. The molecule has 1 aromatic carbocycles. The van der Waals surface area contributed by atoms with Crippen LogP contribution in [0.1, 0.15) is 23.6 Å². The molecule has 0 bridgehead atoms. The van der Waals surface area contributed by atoms with Gasteiger partial charge in [0.2, 0.25) is 0 Å². The summed E-state index contributed by atoms with van der Waals surface area (Å²) < 4.78 is 37.2. The van der Waals surface area contributed by atoms with Crippen LogP contribution in [-0.4, -0.2) is 5.11 Å². The fourth-order valence-electron chi connectivity index (χ4n) is 1.33. The van der Waals surface area contributed by atoms with Gasteiger partial charge in [0, 0.05) is 11.6 Å². The van der Waals surface area contributed by atoms with Crippen molar-refractivity contribution in [1.29, 1.82) is 0 Å². The number of nitrogens with two attached hydrogens (primary N) is 1. The van der Waals surface area contributed by atoms with Gasteiger partial charge in [0.05, 0.1) is 5.56 Å². The zero-order valence-electron chi connectivity index (χ0n) is 8.46. The molecule has 1 aromatic rings. The van der Waals surface area contributed by atoms with E-state index in [1.165, 1.54) is 6.08 Å². The molecule has 0 spiro atoms. The van der Waals surface area contributed by atoms with Crippen LogP contribution in [0.3, 0.4) is 0 Å². The summed E-state index contributed by atoms with van der Waals surface area (Å²) in [5, 5.41) is 9.42. The van der Waals surface area contributed by atoms with Crippen LogP contribution in [0.2, 0.25) is 0 Å². The lowest BCUT2D eigenvalue weighted by Gasteiger charge is -2.14. The molecular weight excluding hydrogens is 219 g/mol. The molecule has 1 rings (SSSR count). The minimum absolute atomic E-state index is 0.0784. The van der Waals surface area contributed by atoms with Crippen molar-refractivity contribution in [3.63, 3.8) is 0 Å². The summed E-state index contributed by atoms with van der Waals surface area (Å²) in [5.74, 6) is -0.234. The largest absolute Gasteiger partial charge is 0.508 e. The topological polar surface area (TPSA) is 46.2 Å². The minimum atomic E-state index is -4.43. The molecule has 0 aliphatic heterocycles. The number of hydrogen-bond acceptors (Lipinski definition) is 2. The Morgan fingerprint density at radius 2 is 2.06 bits per heavy atom. The Morgan fingerprint density at radius 1 is 1.44 bits per heavy atom. The second kappa shape index (κ2) is 4.57. The van der Waals surface area contributed by atoms with E-state index in [4.69, 9.17) is 5.73 Å². The van der Waals surface area contributed by atoms with Crippen molar-refractivity contribution in [2.75, 3.05) is 0 Å². The molecule has 5 heteroatoms. The van der Waals surface area contributed by atoms with Crippen molar-refractivity contribution < 1.29 is 18.3 Å². The highest BCUT2D eigenvalue weighted by atomic mass is 19.4. The maximum absolute atomic E-state index is 12.4. The Hall–Kier alpha value is -1.49. The molecule has 0 radical (unpaired) electrons. The van der Waals surface area contributed by atoms with Crippen molar-refractivity contribution in [2.24, 2.45) is 5.73 Å². The molecule has 0 amide bonds. The first-order valence-corrected chi connectivity index (χ1v) is 4.63. The summed E-state index contributed by atoms with van der Waals surface area (Å²) in [4.78, 5) is 0. The SMILES string of the molecule is C=CC[C@@H](N)c1cc(C(F)(F)F)ccc1O.